The van der Waals surface area contributed by atoms with Gasteiger partial charge in [-0.2, -0.15) is 0 Å². The fourth-order valence-corrected chi connectivity index (χ4v) is 5.15. The van der Waals surface area contributed by atoms with Crippen LogP contribution in [-0.2, 0) is 4.79 Å². The third-order valence-electron chi connectivity index (χ3n) is 7.15. The smallest absolute Gasteiger partial charge is 0.290 e. The second kappa shape index (κ2) is 12.9. The highest BCUT2D eigenvalue weighted by atomic mass is 16.5. The highest BCUT2D eigenvalue weighted by Crippen LogP contribution is 2.42. The third kappa shape index (κ3) is 5.65. The molecule has 1 aromatic heterocycles. The normalized spacial score (nSPS) is 15.4. The summed E-state index contributed by atoms with van der Waals surface area (Å²) in [5.74, 6) is -0.155. The molecule has 1 unspecified atom stereocenters. The quantitative estimate of drug-likeness (QED) is 0.261. The molecule has 1 aliphatic heterocycles. The van der Waals surface area contributed by atoms with Crippen molar-refractivity contribution < 1.29 is 33.3 Å². The van der Waals surface area contributed by atoms with Crippen molar-refractivity contribution in [2.45, 2.75) is 40.2 Å². The molecular formula is C31H38N2O7. The Balaban J connectivity index is 1.77. The lowest BCUT2D eigenvalue weighted by molar-refractivity contribution is -0.129. The zero-order valence-electron chi connectivity index (χ0n) is 23.9. The number of benzene rings is 2. The Bertz CT molecular complexity index is 1390. The number of hydrogen-bond acceptors (Lipinski definition) is 8. The first-order valence-corrected chi connectivity index (χ1v) is 13.8. The SMILES string of the molecule is CCOc1ccc(C2C(C(=O)c3cc4cccc(OC)c4o3)=C(O)C(=O)N2CCCN(CC)CC)cc1OCC. The molecule has 0 saturated heterocycles. The molecule has 0 bridgehead atoms. The number of aliphatic hydroxyl groups is 1. The van der Waals surface area contributed by atoms with E-state index in [1.165, 1.54) is 7.11 Å². The molecule has 1 atom stereocenters. The highest BCUT2D eigenvalue weighted by molar-refractivity contribution is 6.16. The van der Waals surface area contributed by atoms with Crippen molar-refractivity contribution in [3.05, 3.63) is 65.1 Å². The van der Waals surface area contributed by atoms with Crippen LogP contribution in [0.3, 0.4) is 0 Å². The van der Waals surface area contributed by atoms with Crippen LogP contribution in [0.4, 0.5) is 0 Å². The number of rotatable bonds is 14. The first-order valence-electron chi connectivity index (χ1n) is 13.8. The molecule has 1 N–H and O–H groups in total. The van der Waals surface area contributed by atoms with Gasteiger partial charge >= 0.3 is 0 Å². The first-order chi connectivity index (χ1) is 19.4. The lowest BCUT2D eigenvalue weighted by Gasteiger charge is -2.28. The van der Waals surface area contributed by atoms with Crippen LogP contribution in [0.25, 0.3) is 11.0 Å². The van der Waals surface area contributed by atoms with Crippen molar-refractivity contribution >= 4 is 22.7 Å². The summed E-state index contributed by atoms with van der Waals surface area (Å²) < 4.78 is 22.9. The van der Waals surface area contributed by atoms with E-state index in [-0.39, 0.29) is 11.3 Å². The molecule has 214 valence electrons. The number of methoxy groups -OCH3 is 1. The standard InChI is InChI=1S/C31H38N2O7/c1-6-32(7-2)16-11-17-33-27(20-14-15-22(38-8-3)24(18-20)39-9-4)26(29(35)31(33)36)28(34)25-19-21-12-10-13-23(37-5)30(21)40-25/h10,12-15,18-19,27,35H,6-9,11,16-17H2,1-5H3. The van der Waals surface area contributed by atoms with Crippen LogP contribution in [0.15, 0.2) is 58.2 Å². The summed E-state index contributed by atoms with van der Waals surface area (Å²) in [4.78, 5) is 31.2. The molecule has 0 radical (unpaired) electrons. The zero-order valence-corrected chi connectivity index (χ0v) is 23.9. The van der Waals surface area contributed by atoms with Gasteiger partial charge in [-0.1, -0.05) is 32.0 Å². The van der Waals surface area contributed by atoms with E-state index in [1.807, 2.05) is 19.9 Å². The number of para-hydroxylation sites is 1. The second-order valence-corrected chi connectivity index (χ2v) is 9.43. The number of ketones is 1. The maximum Gasteiger partial charge on any atom is 0.290 e. The molecule has 9 heteroatoms. The minimum atomic E-state index is -0.832. The number of amides is 1. The van der Waals surface area contributed by atoms with E-state index in [0.29, 0.717) is 60.0 Å². The van der Waals surface area contributed by atoms with E-state index in [9.17, 15) is 14.7 Å². The molecule has 2 heterocycles. The van der Waals surface area contributed by atoms with Gasteiger partial charge in [-0.05, 0) is 69.7 Å². The topological polar surface area (TPSA) is 102 Å². The lowest BCUT2D eigenvalue weighted by Crippen LogP contribution is -2.34. The van der Waals surface area contributed by atoms with Crippen LogP contribution in [0.1, 0.15) is 56.3 Å². The number of Topliss-reactive ketones (excluding diaryl/α,β-unsaturated/α-hetero) is 1. The van der Waals surface area contributed by atoms with Crippen molar-refractivity contribution in [1.29, 1.82) is 0 Å². The number of furan rings is 1. The van der Waals surface area contributed by atoms with Gasteiger partial charge in [-0.25, -0.2) is 0 Å². The second-order valence-electron chi connectivity index (χ2n) is 9.43. The predicted octanol–water partition coefficient (Wildman–Crippen LogP) is 5.55. The first kappa shape index (κ1) is 29.0. The Morgan fingerprint density at radius 3 is 2.40 bits per heavy atom. The van der Waals surface area contributed by atoms with Gasteiger partial charge in [0, 0.05) is 11.9 Å². The van der Waals surface area contributed by atoms with Gasteiger partial charge < -0.3 is 33.5 Å². The fourth-order valence-electron chi connectivity index (χ4n) is 5.15. The van der Waals surface area contributed by atoms with Crippen LogP contribution in [0.2, 0.25) is 0 Å². The summed E-state index contributed by atoms with van der Waals surface area (Å²) in [6, 6.07) is 11.5. The minimum absolute atomic E-state index is 0.0137. The van der Waals surface area contributed by atoms with E-state index < -0.39 is 23.5 Å². The van der Waals surface area contributed by atoms with Gasteiger partial charge in [0.1, 0.15) is 0 Å². The van der Waals surface area contributed by atoms with Crippen LogP contribution >= 0.6 is 0 Å². The van der Waals surface area contributed by atoms with Gasteiger partial charge in [0.05, 0.1) is 31.9 Å². The average Bonchev–Trinajstić information content (AvgIpc) is 3.51. The van der Waals surface area contributed by atoms with Gasteiger partial charge in [0.15, 0.2) is 34.4 Å². The van der Waals surface area contributed by atoms with Crippen molar-refractivity contribution in [1.82, 2.24) is 9.80 Å². The number of nitrogens with zero attached hydrogens (tertiary/aromatic N) is 2. The minimum Gasteiger partial charge on any atom is -0.503 e. The van der Waals surface area contributed by atoms with Gasteiger partial charge in [0.2, 0.25) is 5.78 Å². The number of ether oxygens (including phenoxy) is 3. The molecule has 0 saturated carbocycles. The van der Waals surface area contributed by atoms with E-state index in [0.717, 1.165) is 19.6 Å². The fraction of sp³-hybridized carbons (Fsp3) is 0.419. The molecule has 4 rings (SSSR count). The third-order valence-corrected chi connectivity index (χ3v) is 7.15. The molecule has 3 aromatic rings. The summed E-state index contributed by atoms with van der Waals surface area (Å²) in [5.41, 5.74) is 1.02. The van der Waals surface area contributed by atoms with Crippen molar-refractivity contribution in [3.63, 3.8) is 0 Å². The monoisotopic (exact) mass is 550 g/mol. The molecule has 0 spiro atoms. The van der Waals surface area contributed by atoms with Crippen LogP contribution < -0.4 is 14.2 Å². The maximum atomic E-state index is 14.0. The molecule has 9 nitrogen and oxygen atoms in total. The molecule has 40 heavy (non-hydrogen) atoms. The van der Waals surface area contributed by atoms with Crippen molar-refractivity contribution in [2.75, 3.05) is 46.5 Å². The number of carbonyl (C=O) groups is 2. The van der Waals surface area contributed by atoms with E-state index in [2.05, 4.69) is 18.7 Å². The number of fused-ring (bicyclic) bond motifs is 1. The summed E-state index contributed by atoms with van der Waals surface area (Å²) >= 11 is 0. The summed E-state index contributed by atoms with van der Waals surface area (Å²) in [5, 5.41) is 11.8. The summed E-state index contributed by atoms with van der Waals surface area (Å²) in [7, 11) is 1.52. The van der Waals surface area contributed by atoms with Crippen LogP contribution in [0, 0.1) is 0 Å². The molecule has 2 aromatic carbocycles. The van der Waals surface area contributed by atoms with Crippen molar-refractivity contribution in [3.8, 4) is 17.2 Å². The lowest BCUT2D eigenvalue weighted by atomic mass is 9.94. The van der Waals surface area contributed by atoms with Gasteiger partial charge in [-0.3, -0.25) is 9.59 Å². The number of aliphatic hydroxyl groups excluding tert-OH is 1. The molecule has 1 amide bonds. The van der Waals surface area contributed by atoms with E-state index in [4.69, 9.17) is 18.6 Å². The molecule has 1 aliphatic rings. The summed E-state index contributed by atoms with van der Waals surface area (Å²) in [6.45, 7) is 11.7. The average molecular weight is 551 g/mol. The van der Waals surface area contributed by atoms with Gasteiger partial charge in [-0.15, -0.1) is 0 Å². The molecular weight excluding hydrogens is 512 g/mol. The maximum absolute atomic E-state index is 14.0. The van der Waals surface area contributed by atoms with E-state index >= 15 is 0 Å². The van der Waals surface area contributed by atoms with Gasteiger partial charge in [0.25, 0.3) is 5.91 Å². The van der Waals surface area contributed by atoms with E-state index in [1.54, 1.807) is 41.3 Å². The van der Waals surface area contributed by atoms with Crippen LogP contribution in [0.5, 0.6) is 17.2 Å². The Morgan fingerprint density at radius 2 is 1.73 bits per heavy atom. The summed E-state index contributed by atoms with van der Waals surface area (Å²) in [6.07, 6.45) is 0.676. The number of hydrogen-bond donors (Lipinski definition) is 1. The molecule has 0 fully saturated rings. The zero-order chi connectivity index (χ0) is 28.8. The Kier molecular flexibility index (Phi) is 9.37. The Labute approximate surface area is 234 Å². The highest BCUT2D eigenvalue weighted by Gasteiger charge is 2.44. The largest absolute Gasteiger partial charge is 0.503 e. The molecule has 0 aliphatic carbocycles. The Morgan fingerprint density at radius 1 is 1.00 bits per heavy atom. The van der Waals surface area contributed by atoms with Crippen molar-refractivity contribution in [2.24, 2.45) is 0 Å². The Hall–Kier alpha value is -3.98. The van der Waals surface area contributed by atoms with Crippen LogP contribution in [-0.4, -0.2) is 73.1 Å². The number of carbonyl (C=O) groups excluding carboxylic acids is 2. The predicted molar refractivity (Wildman–Crippen MR) is 152 cm³/mol.